The summed E-state index contributed by atoms with van der Waals surface area (Å²) < 4.78 is 4.89. The molecular formula is C12H9N3O3S. The van der Waals surface area contributed by atoms with Crippen LogP contribution in [-0.2, 0) is 11.2 Å². The highest BCUT2D eigenvalue weighted by Crippen LogP contribution is 2.14. The Labute approximate surface area is 111 Å². The Bertz CT molecular complexity index is 773. The average Bonchev–Trinajstić information content (AvgIpc) is 2.96. The minimum Gasteiger partial charge on any atom is -0.408 e. The zero-order valence-corrected chi connectivity index (χ0v) is 10.5. The SMILES string of the molecule is O=C(Cc1ccc2oc(=O)[nH]c2c1)Nc1nccs1. The Morgan fingerprint density at radius 1 is 1.47 bits per heavy atom. The maximum absolute atomic E-state index is 11.8. The van der Waals surface area contributed by atoms with E-state index in [1.54, 1.807) is 29.8 Å². The number of benzene rings is 1. The van der Waals surface area contributed by atoms with Crippen molar-refractivity contribution in [3.8, 4) is 0 Å². The van der Waals surface area contributed by atoms with Crippen LogP contribution in [0.5, 0.6) is 0 Å². The Morgan fingerprint density at radius 2 is 2.37 bits per heavy atom. The molecule has 1 amide bonds. The van der Waals surface area contributed by atoms with Gasteiger partial charge in [-0.2, -0.15) is 0 Å². The molecular weight excluding hydrogens is 266 g/mol. The molecule has 0 fully saturated rings. The summed E-state index contributed by atoms with van der Waals surface area (Å²) in [6.07, 6.45) is 1.84. The Kier molecular flexibility index (Phi) is 2.88. The van der Waals surface area contributed by atoms with Crippen LogP contribution in [0.1, 0.15) is 5.56 Å². The lowest BCUT2D eigenvalue weighted by Crippen LogP contribution is -2.14. The van der Waals surface area contributed by atoms with Crippen LogP contribution in [0.3, 0.4) is 0 Å². The van der Waals surface area contributed by atoms with Gasteiger partial charge in [0.1, 0.15) is 0 Å². The van der Waals surface area contributed by atoms with Crippen molar-refractivity contribution in [2.45, 2.75) is 6.42 Å². The van der Waals surface area contributed by atoms with Gasteiger partial charge < -0.3 is 9.73 Å². The number of rotatable bonds is 3. The van der Waals surface area contributed by atoms with Crippen molar-refractivity contribution in [1.29, 1.82) is 0 Å². The summed E-state index contributed by atoms with van der Waals surface area (Å²) in [5, 5.41) is 5.06. The van der Waals surface area contributed by atoms with Gasteiger partial charge in [-0.1, -0.05) is 6.07 Å². The van der Waals surface area contributed by atoms with Gasteiger partial charge >= 0.3 is 5.76 Å². The van der Waals surface area contributed by atoms with Gasteiger partial charge in [-0.15, -0.1) is 11.3 Å². The van der Waals surface area contributed by atoms with Crippen LogP contribution in [0, 0.1) is 0 Å². The van der Waals surface area contributed by atoms with Crippen LogP contribution in [0.4, 0.5) is 5.13 Å². The third-order valence-corrected chi connectivity index (χ3v) is 3.22. The number of aromatic amines is 1. The summed E-state index contributed by atoms with van der Waals surface area (Å²) in [6.45, 7) is 0. The number of fused-ring (bicyclic) bond motifs is 1. The van der Waals surface area contributed by atoms with Gasteiger partial charge in [-0.05, 0) is 17.7 Å². The quantitative estimate of drug-likeness (QED) is 0.762. The topological polar surface area (TPSA) is 88.0 Å². The predicted molar refractivity (Wildman–Crippen MR) is 71.3 cm³/mol. The Hall–Kier alpha value is -2.41. The van der Waals surface area contributed by atoms with Crippen LogP contribution in [0.2, 0.25) is 0 Å². The molecule has 2 aromatic heterocycles. The highest BCUT2D eigenvalue weighted by atomic mass is 32.1. The first kappa shape index (κ1) is 11.7. The predicted octanol–water partition coefficient (Wildman–Crippen LogP) is 1.76. The minimum atomic E-state index is -0.501. The smallest absolute Gasteiger partial charge is 0.408 e. The van der Waals surface area contributed by atoms with Gasteiger partial charge in [0.2, 0.25) is 5.91 Å². The molecule has 0 aliphatic heterocycles. The highest BCUT2D eigenvalue weighted by molar-refractivity contribution is 7.13. The highest BCUT2D eigenvalue weighted by Gasteiger charge is 2.08. The van der Waals surface area contributed by atoms with Gasteiger partial charge in [0.05, 0.1) is 11.9 Å². The lowest BCUT2D eigenvalue weighted by Gasteiger charge is -2.01. The van der Waals surface area contributed by atoms with Crippen LogP contribution in [-0.4, -0.2) is 15.9 Å². The largest absolute Gasteiger partial charge is 0.417 e. The van der Waals surface area contributed by atoms with Crippen LogP contribution >= 0.6 is 11.3 Å². The summed E-state index contributed by atoms with van der Waals surface area (Å²) in [5.41, 5.74) is 1.86. The number of anilines is 1. The number of amides is 1. The van der Waals surface area contributed by atoms with Gasteiger partial charge in [0, 0.05) is 11.6 Å². The van der Waals surface area contributed by atoms with E-state index in [0.717, 1.165) is 5.56 Å². The number of carbonyl (C=O) groups excluding carboxylic acids is 1. The summed E-state index contributed by atoms with van der Waals surface area (Å²) in [7, 11) is 0. The number of nitrogens with zero attached hydrogens (tertiary/aromatic N) is 1. The molecule has 0 aliphatic carbocycles. The third-order valence-electron chi connectivity index (χ3n) is 2.53. The molecule has 19 heavy (non-hydrogen) atoms. The van der Waals surface area contributed by atoms with E-state index in [-0.39, 0.29) is 12.3 Å². The molecule has 3 rings (SSSR count). The van der Waals surface area contributed by atoms with Gasteiger partial charge in [-0.3, -0.25) is 9.78 Å². The number of hydrogen-bond acceptors (Lipinski definition) is 5. The normalized spacial score (nSPS) is 10.7. The number of nitrogens with one attached hydrogen (secondary N) is 2. The van der Waals surface area contributed by atoms with Crippen molar-refractivity contribution in [3.05, 3.63) is 45.9 Å². The fourth-order valence-electron chi connectivity index (χ4n) is 1.74. The molecule has 0 saturated heterocycles. The van der Waals surface area contributed by atoms with E-state index in [1.165, 1.54) is 11.3 Å². The van der Waals surface area contributed by atoms with Gasteiger partial charge in [0.15, 0.2) is 10.7 Å². The lowest BCUT2D eigenvalue weighted by molar-refractivity contribution is -0.115. The Morgan fingerprint density at radius 3 is 3.16 bits per heavy atom. The molecule has 2 N–H and O–H groups in total. The first-order chi connectivity index (χ1) is 9.20. The van der Waals surface area contributed by atoms with Gasteiger partial charge in [0.25, 0.3) is 0 Å². The zero-order valence-electron chi connectivity index (χ0n) is 9.67. The minimum absolute atomic E-state index is 0.153. The monoisotopic (exact) mass is 275 g/mol. The lowest BCUT2D eigenvalue weighted by atomic mass is 10.1. The molecule has 0 aliphatic rings. The van der Waals surface area contributed by atoms with Crippen molar-refractivity contribution in [3.63, 3.8) is 0 Å². The third kappa shape index (κ3) is 2.55. The van der Waals surface area contributed by atoms with Crippen LogP contribution in [0.15, 0.2) is 39.0 Å². The molecule has 2 heterocycles. The molecule has 3 aromatic rings. The second-order valence-electron chi connectivity index (χ2n) is 3.91. The molecule has 0 unspecified atom stereocenters. The summed E-state index contributed by atoms with van der Waals surface area (Å²) in [6, 6.07) is 5.14. The molecule has 96 valence electrons. The number of aromatic nitrogens is 2. The summed E-state index contributed by atoms with van der Waals surface area (Å²) in [5.74, 6) is -0.653. The van der Waals surface area contributed by atoms with Crippen molar-refractivity contribution in [1.82, 2.24) is 9.97 Å². The van der Waals surface area contributed by atoms with E-state index in [0.29, 0.717) is 16.2 Å². The second-order valence-corrected chi connectivity index (χ2v) is 4.80. The van der Waals surface area contributed by atoms with E-state index >= 15 is 0 Å². The standard InChI is InChI=1S/C12H9N3O3S/c16-10(15-11-13-3-4-19-11)6-7-1-2-9-8(5-7)14-12(17)18-9/h1-5H,6H2,(H,14,17)(H,13,15,16). The molecule has 6 nitrogen and oxygen atoms in total. The summed E-state index contributed by atoms with van der Waals surface area (Å²) in [4.78, 5) is 29.3. The van der Waals surface area contributed by atoms with E-state index in [9.17, 15) is 9.59 Å². The molecule has 0 spiro atoms. The molecule has 0 bridgehead atoms. The van der Waals surface area contributed by atoms with E-state index in [1.807, 2.05) is 0 Å². The van der Waals surface area contributed by atoms with Crippen molar-refractivity contribution < 1.29 is 9.21 Å². The molecule has 0 saturated carbocycles. The number of oxazole rings is 1. The second kappa shape index (κ2) is 4.69. The van der Waals surface area contributed by atoms with E-state index in [2.05, 4.69) is 15.3 Å². The maximum Gasteiger partial charge on any atom is 0.417 e. The molecule has 0 atom stereocenters. The molecule has 0 radical (unpaired) electrons. The number of hydrogen-bond donors (Lipinski definition) is 2. The molecule has 7 heteroatoms. The van der Waals surface area contributed by atoms with Crippen molar-refractivity contribution in [2.75, 3.05) is 5.32 Å². The number of carbonyl (C=O) groups is 1. The number of thiazole rings is 1. The average molecular weight is 275 g/mol. The summed E-state index contributed by atoms with van der Waals surface area (Å²) >= 11 is 1.36. The van der Waals surface area contributed by atoms with Gasteiger partial charge in [-0.25, -0.2) is 9.78 Å². The van der Waals surface area contributed by atoms with Crippen LogP contribution < -0.4 is 11.1 Å². The first-order valence-electron chi connectivity index (χ1n) is 5.52. The fourth-order valence-corrected chi connectivity index (χ4v) is 2.29. The van der Waals surface area contributed by atoms with E-state index in [4.69, 9.17) is 4.42 Å². The van der Waals surface area contributed by atoms with Crippen molar-refractivity contribution in [2.24, 2.45) is 0 Å². The zero-order chi connectivity index (χ0) is 13.2. The fraction of sp³-hybridized carbons (Fsp3) is 0.0833. The first-order valence-corrected chi connectivity index (χ1v) is 6.40. The maximum atomic E-state index is 11.8. The van der Waals surface area contributed by atoms with Crippen LogP contribution in [0.25, 0.3) is 11.1 Å². The van der Waals surface area contributed by atoms with Crippen molar-refractivity contribution >= 4 is 33.5 Å². The number of H-pyrrole nitrogens is 1. The molecule has 1 aromatic carbocycles. The van der Waals surface area contributed by atoms with E-state index < -0.39 is 5.76 Å². The Balaban J connectivity index is 1.77.